The number of ether oxygens (including phenoxy) is 1. The molecule has 1 aromatic carbocycles. The van der Waals surface area contributed by atoms with E-state index in [1.807, 2.05) is 48.2 Å². The third-order valence-electron chi connectivity index (χ3n) is 6.05. The fourth-order valence-corrected chi connectivity index (χ4v) is 4.06. The number of hydrogen-bond acceptors (Lipinski definition) is 9. The molecule has 1 unspecified atom stereocenters. The van der Waals surface area contributed by atoms with Gasteiger partial charge >= 0.3 is 0 Å². The summed E-state index contributed by atoms with van der Waals surface area (Å²) in [4.78, 5) is 6.55. The van der Waals surface area contributed by atoms with Crippen molar-refractivity contribution in [1.29, 1.82) is 0 Å². The van der Waals surface area contributed by atoms with E-state index in [1.165, 1.54) is 0 Å². The van der Waals surface area contributed by atoms with Gasteiger partial charge in [-0.2, -0.15) is 4.52 Å². The van der Waals surface area contributed by atoms with E-state index in [-0.39, 0.29) is 0 Å². The molecule has 0 saturated carbocycles. The molecule has 34 heavy (non-hydrogen) atoms. The van der Waals surface area contributed by atoms with Crippen LogP contribution < -0.4 is 4.74 Å². The molecule has 1 saturated heterocycles. The van der Waals surface area contributed by atoms with Gasteiger partial charge in [-0.3, -0.25) is 9.88 Å². The summed E-state index contributed by atoms with van der Waals surface area (Å²) in [5.74, 6) is 1.62. The first-order valence-electron chi connectivity index (χ1n) is 11.2. The highest BCUT2D eigenvalue weighted by Crippen LogP contribution is 2.29. The van der Waals surface area contributed by atoms with Crippen molar-refractivity contribution in [1.82, 2.24) is 34.9 Å². The van der Waals surface area contributed by atoms with Gasteiger partial charge in [-0.15, -0.1) is 15.3 Å². The first-order valence-corrected chi connectivity index (χ1v) is 11.2. The number of nitrogens with zero attached hydrogens (tertiary/aromatic N) is 7. The van der Waals surface area contributed by atoms with Crippen LogP contribution in [0.25, 0.3) is 27.9 Å². The summed E-state index contributed by atoms with van der Waals surface area (Å²) < 4.78 is 13.0. The summed E-state index contributed by atoms with van der Waals surface area (Å²) in [5, 5.41) is 29.3. The summed E-state index contributed by atoms with van der Waals surface area (Å²) in [6.07, 6.45) is 2.96. The zero-order valence-corrected chi connectivity index (χ0v) is 18.6. The molecule has 1 atom stereocenters. The van der Waals surface area contributed by atoms with Crippen molar-refractivity contribution < 1.29 is 14.4 Å². The summed E-state index contributed by atoms with van der Waals surface area (Å²) >= 11 is 0. The Hall–Kier alpha value is -3.89. The molecule has 5 heterocycles. The highest BCUT2D eigenvalue weighted by Gasteiger charge is 2.22. The standard InChI is InChI=1S/C24H23N7O3/c1-15-11-20(29-34-15)23-27-26-22-18-5-2-3-6-19(18)24(28-31(22)23)33-14-16-7-8-17(25-13-16)12-21(32)30-9-4-10-30/h2-3,5-8,11,13,21,32H,4,9-10,12,14H2,1H3. The molecule has 1 aliphatic heterocycles. The molecule has 10 heteroatoms. The van der Waals surface area contributed by atoms with Gasteiger partial charge in [0.2, 0.25) is 11.7 Å². The van der Waals surface area contributed by atoms with Crippen LogP contribution in [0.15, 0.2) is 53.2 Å². The Morgan fingerprint density at radius 2 is 1.97 bits per heavy atom. The molecule has 6 rings (SSSR count). The van der Waals surface area contributed by atoms with Crippen LogP contribution in [-0.2, 0) is 13.0 Å². The van der Waals surface area contributed by atoms with Crippen LogP contribution in [0.1, 0.15) is 23.4 Å². The van der Waals surface area contributed by atoms with E-state index < -0.39 is 6.23 Å². The van der Waals surface area contributed by atoms with Crippen LogP contribution in [0.2, 0.25) is 0 Å². The van der Waals surface area contributed by atoms with Gasteiger partial charge in [0, 0.05) is 53.8 Å². The lowest BCUT2D eigenvalue weighted by Gasteiger charge is -2.35. The van der Waals surface area contributed by atoms with Crippen molar-refractivity contribution in [2.75, 3.05) is 13.1 Å². The maximum absolute atomic E-state index is 10.2. The Bertz CT molecular complexity index is 1460. The lowest BCUT2D eigenvalue weighted by atomic mass is 10.1. The molecule has 0 bridgehead atoms. The largest absolute Gasteiger partial charge is 0.471 e. The van der Waals surface area contributed by atoms with Gasteiger partial charge in [-0.05, 0) is 25.5 Å². The van der Waals surface area contributed by atoms with Gasteiger partial charge in [0.25, 0.3) is 0 Å². The molecule has 0 amide bonds. The summed E-state index contributed by atoms with van der Waals surface area (Å²) in [6.45, 7) is 4.01. The minimum absolute atomic E-state index is 0.297. The van der Waals surface area contributed by atoms with Gasteiger partial charge in [-0.1, -0.05) is 29.4 Å². The predicted octanol–water partition coefficient (Wildman–Crippen LogP) is 2.78. The molecule has 1 fully saturated rings. The minimum atomic E-state index is -0.475. The molecule has 4 aromatic heterocycles. The smallest absolute Gasteiger partial charge is 0.240 e. The quantitative estimate of drug-likeness (QED) is 0.394. The van der Waals surface area contributed by atoms with Crippen molar-refractivity contribution in [3.63, 3.8) is 0 Å². The summed E-state index contributed by atoms with van der Waals surface area (Å²) in [7, 11) is 0. The monoisotopic (exact) mass is 457 g/mol. The molecule has 1 aliphatic rings. The Labute approximate surface area is 194 Å². The highest BCUT2D eigenvalue weighted by atomic mass is 16.5. The van der Waals surface area contributed by atoms with Crippen LogP contribution in [0.4, 0.5) is 0 Å². The Morgan fingerprint density at radius 1 is 1.12 bits per heavy atom. The molecule has 0 spiro atoms. The number of fused-ring (bicyclic) bond motifs is 3. The molecular formula is C24H23N7O3. The van der Waals surface area contributed by atoms with E-state index in [9.17, 15) is 5.11 Å². The van der Waals surface area contributed by atoms with E-state index >= 15 is 0 Å². The predicted molar refractivity (Wildman–Crippen MR) is 123 cm³/mol. The van der Waals surface area contributed by atoms with Crippen LogP contribution >= 0.6 is 0 Å². The van der Waals surface area contributed by atoms with E-state index in [0.29, 0.717) is 41.8 Å². The second-order valence-electron chi connectivity index (χ2n) is 8.45. The van der Waals surface area contributed by atoms with Gasteiger partial charge in [-0.25, -0.2) is 0 Å². The number of aliphatic hydroxyl groups is 1. The normalized spacial score (nSPS) is 15.0. The van der Waals surface area contributed by atoms with Crippen molar-refractivity contribution in [2.45, 2.75) is 32.6 Å². The fourth-order valence-electron chi connectivity index (χ4n) is 4.06. The zero-order valence-electron chi connectivity index (χ0n) is 18.6. The lowest BCUT2D eigenvalue weighted by molar-refractivity contribution is -0.0337. The molecule has 0 aliphatic carbocycles. The maximum atomic E-state index is 10.2. The SMILES string of the molecule is Cc1cc(-c2nnc3c4ccccc4c(OCc4ccc(CC(O)N5CCC5)nc4)nn23)no1. The molecule has 0 radical (unpaired) electrons. The number of pyridine rings is 1. The Balaban J connectivity index is 1.27. The maximum Gasteiger partial charge on any atom is 0.240 e. The molecular weight excluding hydrogens is 434 g/mol. The summed E-state index contributed by atoms with van der Waals surface area (Å²) in [6, 6.07) is 13.5. The lowest BCUT2D eigenvalue weighted by Crippen LogP contribution is -2.46. The second-order valence-corrected chi connectivity index (χ2v) is 8.45. The highest BCUT2D eigenvalue weighted by molar-refractivity contribution is 5.96. The Morgan fingerprint density at radius 3 is 2.68 bits per heavy atom. The topological polar surface area (TPSA) is 115 Å². The van der Waals surface area contributed by atoms with Crippen molar-refractivity contribution in [3.05, 3.63) is 65.7 Å². The first kappa shape index (κ1) is 20.7. The molecule has 5 aromatic rings. The van der Waals surface area contributed by atoms with Crippen LogP contribution in [-0.4, -0.2) is 59.3 Å². The summed E-state index contributed by atoms with van der Waals surface area (Å²) in [5.41, 5.74) is 2.93. The van der Waals surface area contributed by atoms with Crippen molar-refractivity contribution in [3.8, 4) is 17.4 Å². The van der Waals surface area contributed by atoms with Crippen molar-refractivity contribution in [2.24, 2.45) is 0 Å². The third-order valence-corrected chi connectivity index (χ3v) is 6.05. The molecule has 1 N–H and O–H groups in total. The molecule has 10 nitrogen and oxygen atoms in total. The van der Waals surface area contributed by atoms with Gasteiger partial charge in [0.15, 0.2) is 11.3 Å². The number of rotatable bonds is 7. The average Bonchev–Trinajstić information content (AvgIpc) is 3.43. The second kappa shape index (κ2) is 8.47. The minimum Gasteiger partial charge on any atom is -0.471 e. The Kier molecular flexibility index (Phi) is 5.16. The molecule has 172 valence electrons. The number of hydrogen-bond donors (Lipinski definition) is 1. The van der Waals surface area contributed by atoms with Gasteiger partial charge in [0.05, 0.1) is 0 Å². The number of aryl methyl sites for hydroxylation is 1. The number of aromatic nitrogens is 6. The number of likely N-dealkylation sites (tertiary alicyclic amines) is 1. The van der Waals surface area contributed by atoms with Crippen LogP contribution in [0.5, 0.6) is 5.88 Å². The van der Waals surface area contributed by atoms with Crippen LogP contribution in [0, 0.1) is 6.92 Å². The van der Waals surface area contributed by atoms with Gasteiger partial charge < -0.3 is 14.4 Å². The van der Waals surface area contributed by atoms with E-state index in [4.69, 9.17) is 9.26 Å². The number of benzene rings is 1. The van der Waals surface area contributed by atoms with Crippen molar-refractivity contribution >= 4 is 16.4 Å². The van der Waals surface area contributed by atoms with E-state index in [2.05, 4.69) is 25.4 Å². The first-order chi connectivity index (χ1) is 16.7. The van der Waals surface area contributed by atoms with E-state index in [0.717, 1.165) is 41.5 Å². The van der Waals surface area contributed by atoms with Crippen LogP contribution in [0.3, 0.4) is 0 Å². The van der Waals surface area contributed by atoms with Gasteiger partial charge in [0.1, 0.15) is 18.6 Å². The van der Waals surface area contributed by atoms with E-state index in [1.54, 1.807) is 16.8 Å². The third kappa shape index (κ3) is 3.76. The average molecular weight is 457 g/mol. The number of aliphatic hydroxyl groups excluding tert-OH is 1. The fraction of sp³-hybridized carbons (Fsp3) is 0.292. The zero-order chi connectivity index (χ0) is 23.1.